The van der Waals surface area contributed by atoms with Gasteiger partial charge < -0.3 is 10.5 Å². The van der Waals surface area contributed by atoms with Crippen LogP contribution < -0.4 is 10.5 Å². The summed E-state index contributed by atoms with van der Waals surface area (Å²) in [7, 11) is 0. The van der Waals surface area contributed by atoms with Crippen LogP contribution in [0.4, 0.5) is 5.82 Å². The Hall–Kier alpha value is -3.48. The summed E-state index contributed by atoms with van der Waals surface area (Å²) in [5, 5.41) is 20.2. The average Bonchev–Trinajstić information content (AvgIpc) is 2.83. The zero-order chi connectivity index (χ0) is 22.8. The van der Waals surface area contributed by atoms with Crippen molar-refractivity contribution in [1.82, 2.24) is 4.98 Å². The Morgan fingerprint density at radius 1 is 0.938 bits per heavy atom. The highest BCUT2D eigenvalue weighted by molar-refractivity contribution is 7.99. The molecule has 0 spiro atoms. The molecule has 5 nitrogen and oxygen atoms in total. The van der Waals surface area contributed by atoms with Crippen LogP contribution in [0.5, 0.6) is 5.75 Å². The lowest BCUT2D eigenvalue weighted by Gasteiger charge is -2.13. The van der Waals surface area contributed by atoms with E-state index in [9.17, 15) is 10.5 Å². The monoisotopic (exact) mass is 442 g/mol. The zero-order valence-corrected chi connectivity index (χ0v) is 19.0. The lowest BCUT2D eigenvalue weighted by molar-refractivity contribution is 0.306. The predicted octanol–water partition coefficient (Wildman–Crippen LogP) is 6.33. The molecule has 3 aromatic rings. The minimum Gasteiger partial charge on any atom is -0.489 e. The Morgan fingerprint density at radius 2 is 1.66 bits per heavy atom. The van der Waals surface area contributed by atoms with Crippen LogP contribution in [-0.4, -0.2) is 10.7 Å². The van der Waals surface area contributed by atoms with Crippen molar-refractivity contribution >= 4 is 17.6 Å². The van der Waals surface area contributed by atoms with Crippen molar-refractivity contribution in [3.05, 3.63) is 71.3 Å². The van der Waals surface area contributed by atoms with Crippen LogP contribution in [0.3, 0.4) is 0 Å². The summed E-state index contributed by atoms with van der Waals surface area (Å²) in [5.74, 6) is 1.72. The van der Waals surface area contributed by atoms with Crippen LogP contribution in [0.15, 0.2) is 59.6 Å². The fourth-order valence-electron chi connectivity index (χ4n) is 3.35. The molecular weight excluding hydrogens is 416 g/mol. The molecule has 0 saturated heterocycles. The minimum atomic E-state index is 0.155. The molecule has 0 radical (unpaired) electrons. The first-order chi connectivity index (χ1) is 15.7. The van der Waals surface area contributed by atoms with Gasteiger partial charge in [-0.1, -0.05) is 68.7 Å². The van der Waals surface area contributed by atoms with Gasteiger partial charge in [0.05, 0.1) is 5.56 Å². The third-order valence-electron chi connectivity index (χ3n) is 5.04. The van der Waals surface area contributed by atoms with E-state index in [2.05, 4.69) is 24.0 Å². The van der Waals surface area contributed by atoms with Gasteiger partial charge in [0.15, 0.2) is 0 Å². The summed E-state index contributed by atoms with van der Waals surface area (Å²) >= 11 is 1.53. The molecule has 0 unspecified atom stereocenters. The van der Waals surface area contributed by atoms with E-state index in [4.69, 9.17) is 10.5 Å². The van der Waals surface area contributed by atoms with Crippen molar-refractivity contribution in [2.45, 2.75) is 44.2 Å². The van der Waals surface area contributed by atoms with Crippen molar-refractivity contribution in [3.8, 4) is 29.0 Å². The fraction of sp³-hybridized carbons (Fsp3) is 0.269. The number of ether oxygens (including phenoxy) is 1. The maximum Gasteiger partial charge on any atom is 0.143 e. The Morgan fingerprint density at radius 3 is 2.31 bits per heavy atom. The van der Waals surface area contributed by atoms with Crippen LogP contribution >= 0.6 is 11.8 Å². The van der Waals surface area contributed by atoms with E-state index in [1.54, 1.807) is 0 Å². The molecule has 0 aliphatic heterocycles. The van der Waals surface area contributed by atoms with Gasteiger partial charge in [0.1, 0.15) is 40.9 Å². The molecular formula is C26H26N4OS. The van der Waals surface area contributed by atoms with E-state index in [1.165, 1.54) is 24.6 Å². The Bertz CT molecular complexity index is 1120. The van der Waals surface area contributed by atoms with Gasteiger partial charge in [-0.2, -0.15) is 10.5 Å². The molecule has 2 N–H and O–H groups in total. The van der Waals surface area contributed by atoms with Crippen LogP contribution in [0.25, 0.3) is 11.1 Å². The van der Waals surface area contributed by atoms with Crippen molar-refractivity contribution in [2.75, 3.05) is 11.5 Å². The first-order valence-corrected chi connectivity index (χ1v) is 11.7. The molecule has 0 atom stereocenters. The maximum atomic E-state index is 9.90. The number of anilines is 1. The summed E-state index contributed by atoms with van der Waals surface area (Å²) < 4.78 is 5.86. The molecule has 0 aliphatic rings. The van der Waals surface area contributed by atoms with E-state index in [1.807, 2.05) is 54.6 Å². The molecule has 162 valence electrons. The number of benzene rings is 2. The van der Waals surface area contributed by atoms with Gasteiger partial charge in [0.2, 0.25) is 0 Å². The quantitative estimate of drug-likeness (QED) is 0.291. The van der Waals surface area contributed by atoms with E-state index in [-0.39, 0.29) is 11.4 Å². The summed E-state index contributed by atoms with van der Waals surface area (Å²) in [6, 6.07) is 21.7. The highest BCUT2D eigenvalue weighted by Gasteiger charge is 2.20. The molecule has 0 saturated carbocycles. The predicted molar refractivity (Wildman–Crippen MR) is 129 cm³/mol. The lowest BCUT2D eigenvalue weighted by Crippen LogP contribution is -2.03. The third kappa shape index (κ3) is 5.81. The van der Waals surface area contributed by atoms with Crippen molar-refractivity contribution in [2.24, 2.45) is 0 Å². The number of nitriles is 2. The number of hydrogen-bond donors (Lipinski definition) is 1. The molecule has 0 fully saturated rings. The Balaban J connectivity index is 1.85. The van der Waals surface area contributed by atoms with Crippen LogP contribution in [-0.2, 0) is 6.61 Å². The van der Waals surface area contributed by atoms with Gasteiger partial charge in [-0.15, -0.1) is 11.8 Å². The highest BCUT2D eigenvalue weighted by atomic mass is 32.2. The second-order valence-electron chi connectivity index (χ2n) is 7.36. The van der Waals surface area contributed by atoms with Gasteiger partial charge in [-0.05, 0) is 35.4 Å². The molecule has 1 heterocycles. The smallest absolute Gasteiger partial charge is 0.143 e. The number of nitrogen functional groups attached to an aromatic ring is 1. The number of aromatic nitrogens is 1. The summed E-state index contributed by atoms with van der Waals surface area (Å²) in [6.07, 6.45) is 4.56. The summed E-state index contributed by atoms with van der Waals surface area (Å²) in [6.45, 7) is 2.64. The molecule has 32 heavy (non-hydrogen) atoms. The number of pyridine rings is 1. The molecule has 2 aromatic carbocycles. The molecule has 0 aliphatic carbocycles. The topological polar surface area (TPSA) is 95.7 Å². The van der Waals surface area contributed by atoms with Gasteiger partial charge in [0.25, 0.3) is 0 Å². The summed E-state index contributed by atoms with van der Waals surface area (Å²) in [5.41, 5.74) is 9.09. The Labute approximate surface area is 193 Å². The van der Waals surface area contributed by atoms with Crippen molar-refractivity contribution in [3.63, 3.8) is 0 Å². The van der Waals surface area contributed by atoms with Gasteiger partial charge in [-0.3, -0.25) is 0 Å². The van der Waals surface area contributed by atoms with Crippen molar-refractivity contribution < 1.29 is 4.74 Å². The number of unbranched alkanes of at least 4 members (excludes halogenated alkanes) is 3. The SMILES string of the molecule is CCCCCCSc1nc(N)c(C#N)c(-c2ccc(OCc3ccccc3)cc2)c1C#N. The normalized spacial score (nSPS) is 10.3. The van der Waals surface area contributed by atoms with Gasteiger partial charge in [-0.25, -0.2) is 4.98 Å². The van der Waals surface area contributed by atoms with E-state index in [0.29, 0.717) is 28.5 Å². The molecule has 0 bridgehead atoms. The summed E-state index contributed by atoms with van der Waals surface area (Å²) in [4.78, 5) is 4.37. The fourth-order valence-corrected chi connectivity index (χ4v) is 4.34. The minimum absolute atomic E-state index is 0.155. The first kappa shape index (κ1) is 23.2. The maximum absolute atomic E-state index is 9.90. The van der Waals surface area contributed by atoms with Gasteiger partial charge in [0, 0.05) is 5.56 Å². The molecule has 0 amide bonds. The van der Waals surface area contributed by atoms with E-state index >= 15 is 0 Å². The largest absolute Gasteiger partial charge is 0.489 e. The average molecular weight is 443 g/mol. The standard InChI is InChI=1S/C26H26N4OS/c1-2-3-4-8-15-32-26-23(17-28)24(22(16-27)25(29)30-26)20-11-13-21(14-12-20)31-18-19-9-6-5-7-10-19/h5-7,9-14H,2-4,8,15,18H2,1H3,(H2,29,30). The third-order valence-corrected chi connectivity index (χ3v) is 6.11. The second-order valence-corrected chi connectivity index (χ2v) is 8.44. The van der Waals surface area contributed by atoms with E-state index < -0.39 is 0 Å². The highest BCUT2D eigenvalue weighted by Crippen LogP contribution is 2.36. The lowest BCUT2D eigenvalue weighted by atomic mass is 9.97. The number of nitrogens with zero attached hydrogens (tertiary/aromatic N) is 3. The van der Waals surface area contributed by atoms with Crippen LogP contribution in [0, 0.1) is 22.7 Å². The number of hydrogen-bond acceptors (Lipinski definition) is 6. The number of nitrogens with two attached hydrogens (primary N) is 1. The first-order valence-electron chi connectivity index (χ1n) is 10.7. The number of rotatable bonds is 10. The molecule has 1 aromatic heterocycles. The van der Waals surface area contributed by atoms with Crippen molar-refractivity contribution in [1.29, 1.82) is 10.5 Å². The zero-order valence-electron chi connectivity index (χ0n) is 18.2. The van der Waals surface area contributed by atoms with Crippen LogP contribution in [0.2, 0.25) is 0 Å². The number of thioether (sulfide) groups is 1. The molecule has 6 heteroatoms. The second kappa shape index (κ2) is 11.8. The Kier molecular flexibility index (Phi) is 8.54. The van der Waals surface area contributed by atoms with E-state index in [0.717, 1.165) is 29.7 Å². The van der Waals surface area contributed by atoms with Crippen LogP contribution in [0.1, 0.15) is 49.3 Å². The van der Waals surface area contributed by atoms with Gasteiger partial charge >= 0.3 is 0 Å². The molecule has 3 rings (SSSR count).